The summed E-state index contributed by atoms with van der Waals surface area (Å²) in [5.41, 5.74) is 1.35. The maximum atomic E-state index is 3.56. The summed E-state index contributed by atoms with van der Waals surface area (Å²) in [6.45, 7) is 7.88. The fraction of sp³-hybridized carbons (Fsp3) is 0.571. The van der Waals surface area contributed by atoms with Crippen molar-refractivity contribution < 1.29 is 0 Å². The van der Waals surface area contributed by atoms with E-state index >= 15 is 0 Å². The van der Waals surface area contributed by atoms with Crippen molar-refractivity contribution in [3.05, 3.63) is 34.3 Å². The van der Waals surface area contributed by atoms with Crippen molar-refractivity contribution in [2.75, 3.05) is 6.54 Å². The summed E-state index contributed by atoms with van der Waals surface area (Å²) in [7, 11) is 0. The Morgan fingerprint density at radius 1 is 1.12 bits per heavy atom. The first-order valence-corrected chi connectivity index (χ1v) is 6.87. The maximum Gasteiger partial charge on any atom is 0.0291 e. The van der Waals surface area contributed by atoms with Crippen LogP contribution in [-0.2, 0) is 0 Å². The summed E-state index contributed by atoms with van der Waals surface area (Å²) in [4.78, 5) is 0. The molecule has 0 fully saturated rings. The van der Waals surface area contributed by atoms with E-state index < -0.39 is 0 Å². The van der Waals surface area contributed by atoms with Crippen LogP contribution in [0.25, 0.3) is 0 Å². The van der Waals surface area contributed by atoms with Crippen LogP contribution in [0.3, 0.4) is 0 Å². The molecule has 1 nitrogen and oxygen atoms in total. The topological polar surface area (TPSA) is 12.0 Å². The van der Waals surface area contributed by atoms with Gasteiger partial charge in [-0.3, -0.25) is 0 Å². The number of benzene rings is 1. The Morgan fingerprint density at radius 2 is 1.75 bits per heavy atom. The summed E-state index contributed by atoms with van der Waals surface area (Å²) in [6.07, 6.45) is 2.57. The molecule has 0 aromatic heterocycles. The SMILES string of the molecule is CC(C)CCCN[C@@H](C)c1ccc(Br)cc1. The smallest absolute Gasteiger partial charge is 0.0291 e. The fourth-order valence-corrected chi connectivity index (χ4v) is 1.96. The second-order valence-electron chi connectivity index (χ2n) is 4.76. The van der Waals surface area contributed by atoms with E-state index in [1.807, 2.05) is 0 Å². The summed E-state index contributed by atoms with van der Waals surface area (Å²) in [5.74, 6) is 0.810. The molecule has 2 heteroatoms. The Bertz CT molecular complexity index is 292. The molecule has 90 valence electrons. The average Bonchev–Trinajstić information content (AvgIpc) is 2.25. The zero-order chi connectivity index (χ0) is 12.0. The van der Waals surface area contributed by atoms with Gasteiger partial charge in [-0.15, -0.1) is 0 Å². The standard InChI is InChI=1S/C14H22BrN/c1-11(2)5-4-10-16-12(3)13-6-8-14(15)9-7-13/h6-9,11-12,16H,4-5,10H2,1-3H3/t12-/m0/s1. The molecule has 0 aliphatic carbocycles. The molecule has 0 amide bonds. The van der Waals surface area contributed by atoms with Gasteiger partial charge in [0, 0.05) is 10.5 Å². The van der Waals surface area contributed by atoms with Crippen LogP contribution >= 0.6 is 15.9 Å². The van der Waals surface area contributed by atoms with Crippen molar-refractivity contribution in [1.82, 2.24) is 5.32 Å². The quantitative estimate of drug-likeness (QED) is 0.756. The molecule has 0 unspecified atom stereocenters. The highest BCUT2D eigenvalue weighted by Crippen LogP contribution is 2.16. The molecule has 1 atom stereocenters. The number of halogens is 1. The zero-order valence-corrected chi connectivity index (χ0v) is 12.0. The lowest BCUT2D eigenvalue weighted by Gasteiger charge is -2.14. The molecule has 0 spiro atoms. The molecular formula is C14H22BrN. The van der Waals surface area contributed by atoms with E-state index in [4.69, 9.17) is 0 Å². The van der Waals surface area contributed by atoms with Crippen LogP contribution in [0.15, 0.2) is 28.7 Å². The van der Waals surface area contributed by atoms with E-state index in [-0.39, 0.29) is 0 Å². The highest BCUT2D eigenvalue weighted by atomic mass is 79.9. The number of nitrogens with one attached hydrogen (secondary N) is 1. The molecule has 1 N–H and O–H groups in total. The van der Waals surface area contributed by atoms with Gasteiger partial charge in [0.25, 0.3) is 0 Å². The van der Waals surface area contributed by atoms with Crippen LogP contribution in [0, 0.1) is 5.92 Å². The largest absolute Gasteiger partial charge is 0.310 e. The molecule has 16 heavy (non-hydrogen) atoms. The lowest BCUT2D eigenvalue weighted by Crippen LogP contribution is -2.20. The lowest BCUT2D eigenvalue weighted by molar-refractivity contribution is 0.497. The molecule has 0 radical (unpaired) electrons. The van der Waals surface area contributed by atoms with E-state index in [2.05, 4.69) is 66.3 Å². The Balaban J connectivity index is 2.29. The maximum absolute atomic E-state index is 3.56. The zero-order valence-electron chi connectivity index (χ0n) is 10.5. The second-order valence-corrected chi connectivity index (χ2v) is 5.68. The van der Waals surface area contributed by atoms with Gasteiger partial charge in [-0.1, -0.05) is 41.9 Å². The van der Waals surface area contributed by atoms with Crippen molar-refractivity contribution in [3.63, 3.8) is 0 Å². The van der Waals surface area contributed by atoms with Gasteiger partial charge in [-0.2, -0.15) is 0 Å². The number of rotatable bonds is 6. The predicted octanol–water partition coefficient (Wildman–Crippen LogP) is 4.54. The average molecular weight is 284 g/mol. The van der Waals surface area contributed by atoms with E-state index in [9.17, 15) is 0 Å². The molecule has 1 rings (SSSR count). The highest BCUT2D eigenvalue weighted by molar-refractivity contribution is 9.10. The molecule has 0 saturated carbocycles. The van der Waals surface area contributed by atoms with Crippen molar-refractivity contribution in [1.29, 1.82) is 0 Å². The van der Waals surface area contributed by atoms with Crippen molar-refractivity contribution >= 4 is 15.9 Å². The summed E-state index contributed by atoms with van der Waals surface area (Å²) >= 11 is 3.45. The van der Waals surface area contributed by atoms with E-state index in [0.29, 0.717) is 6.04 Å². The van der Waals surface area contributed by atoms with Crippen molar-refractivity contribution in [2.45, 2.75) is 39.7 Å². The molecular weight excluding hydrogens is 262 g/mol. The molecule has 0 aliphatic rings. The second kappa shape index (κ2) is 7.08. The van der Waals surface area contributed by atoms with Crippen LogP contribution in [0.2, 0.25) is 0 Å². The highest BCUT2D eigenvalue weighted by Gasteiger charge is 2.03. The Hall–Kier alpha value is -0.340. The third-order valence-corrected chi connectivity index (χ3v) is 3.31. The minimum absolute atomic E-state index is 0.445. The van der Waals surface area contributed by atoms with Crippen LogP contribution in [0.4, 0.5) is 0 Å². The third kappa shape index (κ3) is 5.13. The monoisotopic (exact) mass is 283 g/mol. The first-order chi connectivity index (χ1) is 7.59. The van der Waals surface area contributed by atoms with Crippen LogP contribution in [-0.4, -0.2) is 6.54 Å². The summed E-state index contributed by atoms with van der Waals surface area (Å²) < 4.78 is 1.14. The van der Waals surface area contributed by atoms with E-state index in [0.717, 1.165) is 16.9 Å². The molecule has 0 saturated heterocycles. The first-order valence-electron chi connectivity index (χ1n) is 6.08. The van der Waals surface area contributed by atoms with Crippen LogP contribution < -0.4 is 5.32 Å². The summed E-state index contributed by atoms with van der Waals surface area (Å²) in [6, 6.07) is 8.98. The lowest BCUT2D eigenvalue weighted by atomic mass is 10.1. The predicted molar refractivity (Wildman–Crippen MR) is 74.6 cm³/mol. The van der Waals surface area contributed by atoms with Gasteiger partial charge in [-0.25, -0.2) is 0 Å². The normalized spacial score (nSPS) is 13.1. The van der Waals surface area contributed by atoms with Gasteiger partial charge < -0.3 is 5.32 Å². The van der Waals surface area contributed by atoms with Crippen molar-refractivity contribution in [3.8, 4) is 0 Å². The molecule has 1 aromatic rings. The Kier molecular flexibility index (Phi) is 6.07. The molecule has 0 bridgehead atoms. The van der Waals surface area contributed by atoms with Crippen LogP contribution in [0.5, 0.6) is 0 Å². The van der Waals surface area contributed by atoms with Gasteiger partial charge in [0.1, 0.15) is 0 Å². The third-order valence-electron chi connectivity index (χ3n) is 2.78. The molecule has 0 heterocycles. The minimum atomic E-state index is 0.445. The molecule has 1 aromatic carbocycles. The van der Waals surface area contributed by atoms with E-state index in [1.54, 1.807) is 0 Å². The van der Waals surface area contributed by atoms with Gasteiger partial charge in [0.2, 0.25) is 0 Å². The van der Waals surface area contributed by atoms with Gasteiger partial charge in [0.05, 0.1) is 0 Å². The van der Waals surface area contributed by atoms with E-state index in [1.165, 1.54) is 18.4 Å². The van der Waals surface area contributed by atoms with Gasteiger partial charge in [-0.05, 0) is 49.9 Å². The fourth-order valence-electron chi connectivity index (χ4n) is 1.70. The van der Waals surface area contributed by atoms with Gasteiger partial charge >= 0.3 is 0 Å². The van der Waals surface area contributed by atoms with Crippen LogP contribution in [0.1, 0.15) is 45.2 Å². The Labute approximate surface area is 108 Å². The van der Waals surface area contributed by atoms with Crippen molar-refractivity contribution in [2.24, 2.45) is 5.92 Å². The Morgan fingerprint density at radius 3 is 2.31 bits per heavy atom. The number of hydrogen-bond acceptors (Lipinski definition) is 1. The molecule has 0 aliphatic heterocycles. The first kappa shape index (κ1) is 13.7. The minimum Gasteiger partial charge on any atom is -0.310 e. The number of hydrogen-bond donors (Lipinski definition) is 1. The van der Waals surface area contributed by atoms with Gasteiger partial charge in [0.15, 0.2) is 0 Å². The summed E-state index contributed by atoms with van der Waals surface area (Å²) in [5, 5.41) is 3.56.